The lowest BCUT2D eigenvalue weighted by Gasteiger charge is -2.14. The Morgan fingerprint density at radius 3 is 2.45 bits per heavy atom. The molecule has 5 N–H and O–H groups in total. The van der Waals surface area contributed by atoms with E-state index < -0.39 is 0 Å². The summed E-state index contributed by atoms with van der Waals surface area (Å²) >= 11 is 0. The fourth-order valence-electron chi connectivity index (χ4n) is 2.10. The molecule has 0 aliphatic carbocycles. The molecule has 4 nitrogen and oxygen atoms in total. The van der Waals surface area contributed by atoms with Gasteiger partial charge in [-0.25, -0.2) is 0 Å². The van der Waals surface area contributed by atoms with E-state index in [4.69, 9.17) is 11.5 Å². The Hall–Kier alpha value is -1.81. The van der Waals surface area contributed by atoms with Gasteiger partial charge in [-0.3, -0.25) is 4.99 Å². The van der Waals surface area contributed by atoms with Crippen LogP contribution in [-0.4, -0.2) is 23.9 Å². The second-order valence-electron chi connectivity index (χ2n) is 5.99. The van der Waals surface area contributed by atoms with Crippen LogP contribution in [0.25, 0.3) is 6.08 Å². The second-order valence-corrected chi connectivity index (χ2v) is 5.99. The van der Waals surface area contributed by atoms with E-state index in [-0.39, 0.29) is 11.8 Å². The molecule has 0 aliphatic rings. The Kier molecular flexibility index (Phi) is 7.12. The van der Waals surface area contributed by atoms with E-state index in [2.05, 4.69) is 18.8 Å². The quantitative estimate of drug-likeness (QED) is 0.675. The van der Waals surface area contributed by atoms with Gasteiger partial charge in [-0.2, -0.15) is 0 Å². The van der Waals surface area contributed by atoms with Gasteiger partial charge in [-0.05, 0) is 62.9 Å². The summed E-state index contributed by atoms with van der Waals surface area (Å²) < 4.78 is 0. The van der Waals surface area contributed by atoms with Crippen LogP contribution in [0.2, 0.25) is 0 Å². The number of phenols is 1. The lowest BCUT2D eigenvalue weighted by atomic mass is 9.93. The maximum atomic E-state index is 10.5. The molecule has 0 radical (unpaired) electrons. The molecule has 1 atom stereocenters. The predicted molar refractivity (Wildman–Crippen MR) is 95.4 cm³/mol. The van der Waals surface area contributed by atoms with Crippen molar-refractivity contribution in [3.63, 3.8) is 0 Å². The third kappa shape index (κ3) is 5.19. The number of phenolic OH excluding ortho intramolecular Hbond substituents is 1. The normalized spacial score (nSPS) is 14.0. The Morgan fingerprint density at radius 2 is 1.91 bits per heavy atom. The monoisotopic (exact) mass is 303 g/mol. The highest BCUT2D eigenvalue weighted by Gasteiger charge is 2.11. The van der Waals surface area contributed by atoms with E-state index in [1.165, 1.54) is 5.56 Å². The molecule has 0 bridgehead atoms. The summed E-state index contributed by atoms with van der Waals surface area (Å²) in [4.78, 5) is 4.38. The van der Waals surface area contributed by atoms with E-state index >= 15 is 0 Å². The van der Waals surface area contributed by atoms with Gasteiger partial charge in [0.2, 0.25) is 0 Å². The van der Waals surface area contributed by atoms with E-state index in [1.54, 1.807) is 12.3 Å². The molecular weight excluding hydrogens is 274 g/mol. The summed E-state index contributed by atoms with van der Waals surface area (Å²) in [6, 6.07) is 4.19. The van der Waals surface area contributed by atoms with Crippen LogP contribution in [0.15, 0.2) is 22.8 Å². The maximum Gasteiger partial charge on any atom is 0.131 e. The molecular formula is C18H29N3O. The van der Waals surface area contributed by atoms with Crippen molar-refractivity contribution in [1.29, 1.82) is 0 Å². The molecule has 0 heterocycles. The highest BCUT2D eigenvalue weighted by Crippen LogP contribution is 2.30. The zero-order valence-corrected chi connectivity index (χ0v) is 14.1. The lowest BCUT2D eigenvalue weighted by Crippen LogP contribution is -2.06. The van der Waals surface area contributed by atoms with Crippen molar-refractivity contribution in [3.05, 3.63) is 34.5 Å². The Morgan fingerprint density at radius 1 is 1.27 bits per heavy atom. The Labute approximate surface area is 133 Å². The SMILES string of the molecule is CCC(C)c1cc(C=NC(C)C)c(O)c(C=C(N)CCN)c1. The smallest absolute Gasteiger partial charge is 0.131 e. The molecule has 0 fully saturated rings. The molecule has 1 aromatic rings. The first-order valence-corrected chi connectivity index (χ1v) is 7.95. The lowest BCUT2D eigenvalue weighted by molar-refractivity contribution is 0.472. The minimum Gasteiger partial charge on any atom is -0.507 e. The molecule has 0 spiro atoms. The Balaban J connectivity index is 3.35. The highest BCUT2D eigenvalue weighted by molar-refractivity contribution is 5.86. The van der Waals surface area contributed by atoms with Gasteiger partial charge in [0.05, 0.1) is 0 Å². The number of nitrogens with zero attached hydrogens (tertiary/aromatic N) is 1. The van der Waals surface area contributed by atoms with Gasteiger partial charge < -0.3 is 16.6 Å². The first-order valence-electron chi connectivity index (χ1n) is 7.95. The van der Waals surface area contributed by atoms with Crippen LogP contribution in [0.3, 0.4) is 0 Å². The van der Waals surface area contributed by atoms with Crippen molar-refractivity contribution >= 4 is 12.3 Å². The van der Waals surface area contributed by atoms with E-state index in [9.17, 15) is 5.11 Å². The van der Waals surface area contributed by atoms with Gasteiger partial charge in [0.1, 0.15) is 5.75 Å². The number of nitrogens with two attached hydrogens (primary N) is 2. The van der Waals surface area contributed by atoms with Crippen molar-refractivity contribution in [2.24, 2.45) is 16.5 Å². The van der Waals surface area contributed by atoms with Crippen LogP contribution >= 0.6 is 0 Å². The Bertz CT molecular complexity index is 548. The van der Waals surface area contributed by atoms with Gasteiger partial charge in [-0.15, -0.1) is 0 Å². The van der Waals surface area contributed by atoms with Crippen LogP contribution in [0.4, 0.5) is 0 Å². The molecule has 1 aromatic carbocycles. The first-order chi connectivity index (χ1) is 10.4. The maximum absolute atomic E-state index is 10.5. The molecule has 0 saturated heterocycles. The minimum absolute atomic E-state index is 0.188. The predicted octanol–water partition coefficient (Wildman–Crippen LogP) is 3.38. The molecule has 1 unspecified atom stereocenters. The average Bonchev–Trinajstić information content (AvgIpc) is 2.47. The van der Waals surface area contributed by atoms with Gasteiger partial charge in [0.15, 0.2) is 0 Å². The molecule has 0 amide bonds. The van der Waals surface area contributed by atoms with Crippen molar-refractivity contribution in [2.45, 2.75) is 52.5 Å². The number of benzene rings is 1. The third-order valence-electron chi connectivity index (χ3n) is 3.66. The van der Waals surface area contributed by atoms with Crippen molar-refractivity contribution in [2.75, 3.05) is 6.54 Å². The van der Waals surface area contributed by atoms with Gasteiger partial charge >= 0.3 is 0 Å². The number of aromatic hydroxyl groups is 1. The zero-order valence-electron chi connectivity index (χ0n) is 14.1. The molecule has 4 heteroatoms. The van der Waals surface area contributed by atoms with Crippen LogP contribution in [-0.2, 0) is 0 Å². The number of hydrogen-bond donors (Lipinski definition) is 3. The summed E-state index contributed by atoms with van der Waals surface area (Å²) in [5.41, 5.74) is 14.8. The zero-order chi connectivity index (χ0) is 16.7. The largest absolute Gasteiger partial charge is 0.507 e. The fraction of sp³-hybridized carbons (Fsp3) is 0.500. The minimum atomic E-state index is 0.188. The van der Waals surface area contributed by atoms with Gasteiger partial charge in [0.25, 0.3) is 0 Å². The number of rotatable bonds is 7. The third-order valence-corrected chi connectivity index (χ3v) is 3.66. The molecule has 0 aromatic heterocycles. The molecule has 0 saturated carbocycles. The standard InChI is InChI=1S/C18H29N3O/c1-5-13(4)14-8-15(10-17(20)6-7-19)18(22)16(9-14)11-21-12(2)3/h8-13,22H,5-7,19-20H2,1-4H3. The summed E-state index contributed by atoms with van der Waals surface area (Å²) in [6.45, 7) is 8.83. The van der Waals surface area contributed by atoms with Crippen molar-refractivity contribution in [1.82, 2.24) is 0 Å². The van der Waals surface area contributed by atoms with E-state index in [0.717, 1.165) is 17.5 Å². The fourth-order valence-corrected chi connectivity index (χ4v) is 2.10. The highest BCUT2D eigenvalue weighted by atomic mass is 16.3. The molecule has 22 heavy (non-hydrogen) atoms. The number of hydrogen-bond acceptors (Lipinski definition) is 4. The van der Waals surface area contributed by atoms with E-state index in [1.807, 2.05) is 26.0 Å². The van der Waals surface area contributed by atoms with Crippen LogP contribution in [0.1, 0.15) is 63.1 Å². The number of aliphatic imine (C=N–C) groups is 1. The van der Waals surface area contributed by atoms with Crippen molar-refractivity contribution < 1.29 is 5.11 Å². The van der Waals surface area contributed by atoms with Gasteiger partial charge in [-0.1, -0.05) is 13.8 Å². The molecule has 122 valence electrons. The summed E-state index contributed by atoms with van der Waals surface area (Å²) in [5, 5.41) is 10.5. The average molecular weight is 303 g/mol. The second kappa shape index (κ2) is 8.59. The topological polar surface area (TPSA) is 84.6 Å². The summed E-state index contributed by atoms with van der Waals surface area (Å²) in [5.74, 6) is 0.631. The van der Waals surface area contributed by atoms with E-state index in [0.29, 0.717) is 24.6 Å². The first kappa shape index (κ1) is 18.2. The van der Waals surface area contributed by atoms with Gasteiger partial charge in [0, 0.05) is 29.1 Å². The van der Waals surface area contributed by atoms with Crippen LogP contribution in [0.5, 0.6) is 5.75 Å². The molecule has 0 aliphatic heterocycles. The van der Waals surface area contributed by atoms with Crippen LogP contribution in [0, 0.1) is 0 Å². The summed E-state index contributed by atoms with van der Waals surface area (Å²) in [7, 11) is 0. The van der Waals surface area contributed by atoms with Crippen molar-refractivity contribution in [3.8, 4) is 5.75 Å². The van der Waals surface area contributed by atoms with Crippen LogP contribution < -0.4 is 11.5 Å². The summed E-state index contributed by atoms with van der Waals surface area (Å²) in [6.07, 6.45) is 5.19. The molecule has 1 rings (SSSR count).